The molecule has 124 valence electrons. The van der Waals surface area contributed by atoms with Crippen LogP contribution in [0, 0.1) is 22.7 Å². The summed E-state index contributed by atoms with van der Waals surface area (Å²) in [6.07, 6.45) is 3.50. The number of carbonyl (C=O) groups is 1. The van der Waals surface area contributed by atoms with Gasteiger partial charge >= 0.3 is 0 Å². The fourth-order valence-electron chi connectivity index (χ4n) is 5.16. The van der Waals surface area contributed by atoms with Gasteiger partial charge in [0.1, 0.15) is 5.78 Å². The second-order valence-electron chi connectivity index (χ2n) is 7.97. The van der Waals surface area contributed by atoms with Crippen LogP contribution in [-0.4, -0.2) is 36.4 Å². The molecule has 2 nitrogen and oxygen atoms in total. The van der Waals surface area contributed by atoms with Gasteiger partial charge in [0.25, 0.3) is 0 Å². The smallest absolute Gasteiger partial charge is 0.142 e. The third-order valence-corrected chi connectivity index (χ3v) is 7.60. The maximum absolute atomic E-state index is 12.9. The molecule has 3 atom stereocenters. The van der Waals surface area contributed by atoms with Crippen LogP contribution in [0.25, 0.3) is 0 Å². The molecule has 0 saturated heterocycles. The molecule has 2 fully saturated rings. The number of hydrogen-bond acceptors (Lipinski definition) is 1. The van der Waals surface area contributed by atoms with Crippen molar-refractivity contribution >= 4 is 5.78 Å². The second-order valence-corrected chi connectivity index (χ2v) is 7.97. The van der Waals surface area contributed by atoms with Crippen molar-refractivity contribution in [1.29, 1.82) is 0 Å². The van der Waals surface area contributed by atoms with E-state index in [1.54, 1.807) is 0 Å². The van der Waals surface area contributed by atoms with Crippen molar-refractivity contribution in [2.24, 2.45) is 22.7 Å². The lowest BCUT2D eigenvalue weighted by Crippen LogP contribution is -3.00. The normalized spacial score (nSPS) is 34.1. The predicted octanol–water partition coefficient (Wildman–Crippen LogP) is 0.898. The molecular formula is C18H34INO. The second kappa shape index (κ2) is 6.46. The lowest BCUT2D eigenvalue weighted by molar-refractivity contribution is -0.923. The van der Waals surface area contributed by atoms with Crippen LogP contribution >= 0.6 is 0 Å². The Kier molecular flexibility index (Phi) is 5.97. The van der Waals surface area contributed by atoms with Gasteiger partial charge in [-0.2, -0.15) is 0 Å². The van der Waals surface area contributed by atoms with Crippen LogP contribution in [0.1, 0.15) is 60.8 Å². The van der Waals surface area contributed by atoms with Crippen LogP contribution in [0.4, 0.5) is 0 Å². The van der Waals surface area contributed by atoms with Gasteiger partial charge < -0.3 is 28.5 Å². The molecule has 0 aliphatic heterocycles. The van der Waals surface area contributed by atoms with E-state index < -0.39 is 0 Å². The fourth-order valence-corrected chi connectivity index (χ4v) is 5.16. The third kappa shape index (κ3) is 2.71. The molecule has 0 aromatic carbocycles. The molecule has 3 heteroatoms. The largest absolute Gasteiger partial charge is 1.00 e. The first-order valence-corrected chi connectivity index (χ1v) is 8.67. The van der Waals surface area contributed by atoms with Gasteiger partial charge in [-0.05, 0) is 44.9 Å². The summed E-state index contributed by atoms with van der Waals surface area (Å²) in [6, 6.07) is 0. The Morgan fingerprint density at radius 2 is 1.62 bits per heavy atom. The van der Waals surface area contributed by atoms with Gasteiger partial charge in [0.15, 0.2) is 0 Å². The van der Waals surface area contributed by atoms with Gasteiger partial charge in [0.2, 0.25) is 0 Å². The number of Topliss-reactive ketones (excluding diaryl/α,β-unsaturated/α-hetero) is 1. The Bertz CT molecular complexity index is 380. The molecule has 0 spiro atoms. The minimum Gasteiger partial charge on any atom is -1.00 e. The van der Waals surface area contributed by atoms with Gasteiger partial charge in [-0.25, -0.2) is 0 Å². The van der Waals surface area contributed by atoms with Gasteiger partial charge in [0, 0.05) is 17.8 Å². The van der Waals surface area contributed by atoms with Crippen molar-refractivity contribution in [2.75, 3.05) is 26.2 Å². The highest BCUT2D eigenvalue weighted by Crippen LogP contribution is 2.66. The zero-order chi connectivity index (χ0) is 15.2. The number of halogens is 1. The Labute approximate surface area is 148 Å². The highest BCUT2D eigenvalue weighted by molar-refractivity contribution is 5.91. The highest BCUT2D eigenvalue weighted by Gasteiger charge is 2.65. The van der Waals surface area contributed by atoms with E-state index in [1.165, 1.54) is 37.1 Å². The molecule has 0 aromatic heterocycles. The molecule has 2 rings (SSSR count). The molecule has 0 amide bonds. The predicted molar refractivity (Wildman–Crippen MR) is 84.5 cm³/mol. The highest BCUT2D eigenvalue weighted by atomic mass is 127. The topological polar surface area (TPSA) is 17.1 Å². The van der Waals surface area contributed by atoms with E-state index in [1.807, 2.05) is 0 Å². The van der Waals surface area contributed by atoms with Crippen LogP contribution in [0.5, 0.6) is 0 Å². The molecule has 2 bridgehead atoms. The molecule has 2 unspecified atom stereocenters. The molecule has 21 heavy (non-hydrogen) atoms. The minimum absolute atomic E-state index is 0. The first-order chi connectivity index (χ1) is 9.28. The third-order valence-electron chi connectivity index (χ3n) is 7.60. The van der Waals surface area contributed by atoms with Gasteiger partial charge in [0.05, 0.1) is 26.2 Å². The van der Waals surface area contributed by atoms with E-state index in [4.69, 9.17) is 0 Å². The maximum Gasteiger partial charge on any atom is 0.142 e. The number of nitrogens with zero attached hydrogens (tertiary/aromatic N) is 1. The van der Waals surface area contributed by atoms with E-state index >= 15 is 0 Å². The molecule has 2 aliphatic rings. The zero-order valence-electron chi connectivity index (χ0n) is 14.8. The molecule has 0 N–H and O–H groups in total. The van der Waals surface area contributed by atoms with E-state index in [2.05, 4.69) is 41.5 Å². The van der Waals surface area contributed by atoms with Crippen molar-refractivity contribution in [3.63, 3.8) is 0 Å². The Morgan fingerprint density at radius 3 is 2.00 bits per heavy atom. The molecule has 0 heterocycles. The van der Waals surface area contributed by atoms with Gasteiger partial charge in [-0.15, -0.1) is 0 Å². The monoisotopic (exact) mass is 407 g/mol. The number of fused-ring (bicyclic) bond motifs is 2. The standard InChI is InChI=1S/C18H34NO.HI/c1-7-19(8-2,9-3)13-11-14-15-10-12-18(6,16(14)20)17(15,4)5;/h14-15H,7-13H2,1-6H3;1H/q+1;/p-1/t14?,15?,18-;/m0./s1. The quantitative estimate of drug-likeness (QED) is 0.473. The zero-order valence-corrected chi connectivity index (χ0v) is 17.0. The van der Waals surface area contributed by atoms with Crippen LogP contribution in [-0.2, 0) is 4.79 Å². The molecule has 0 radical (unpaired) electrons. The summed E-state index contributed by atoms with van der Waals surface area (Å²) >= 11 is 0. The lowest BCUT2D eigenvalue weighted by Gasteiger charge is -2.37. The van der Waals surface area contributed by atoms with E-state index in [-0.39, 0.29) is 34.8 Å². The van der Waals surface area contributed by atoms with Crippen molar-refractivity contribution < 1.29 is 33.3 Å². The summed E-state index contributed by atoms with van der Waals surface area (Å²) in [7, 11) is 0. The summed E-state index contributed by atoms with van der Waals surface area (Å²) < 4.78 is 1.17. The molecule has 2 saturated carbocycles. The average molecular weight is 407 g/mol. The van der Waals surface area contributed by atoms with Gasteiger partial charge in [-0.1, -0.05) is 20.8 Å². The first kappa shape index (κ1) is 19.4. The molecule has 0 aromatic rings. The molecule has 2 aliphatic carbocycles. The summed E-state index contributed by atoms with van der Waals surface area (Å²) in [4.78, 5) is 12.9. The van der Waals surface area contributed by atoms with Gasteiger partial charge in [-0.3, -0.25) is 4.79 Å². The lowest BCUT2D eigenvalue weighted by atomic mass is 9.70. The van der Waals surface area contributed by atoms with Crippen LogP contribution in [0.3, 0.4) is 0 Å². The Hall–Kier alpha value is 0.360. The van der Waals surface area contributed by atoms with Crippen molar-refractivity contribution in [3.05, 3.63) is 0 Å². The number of hydrogen-bond donors (Lipinski definition) is 0. The van der Waals surface area contributed by atoms with Crippen molar-refractivity contribution in [2.45, 2.75) is 60.8 Å². The number of rotatable bonds is 6. The van der Waals surface area contributed by atoms with Crippen molar-refractivity contribution in [3.8, 4) is 0 Å². The minimum atomic E-state index is -0.0391. The summed E-state index contributed by atoms with van der Waals surface area (Å²) in [6.45, 7) is 18.5. The van der Waals surface area contributed by atoms with Crippen molar-refractivity contribution in [1.82, 2.24) is 0 Å². The Morgan fingerprint density at radius 1 is 1.10 bits per heavy atom. The number of quaternary nitrogens is 1. The number of ketones is 1. The van der Waals surface area contributed by atoms with Crippen LogP contribution < -0.4 is 24.0 Å². The first-order valence-electron chi connectivity index (χ1n) is 8.67. The van der Waals surface area contributed by atoms with Crippen LogP contribution in [0.15, 0.2) is 0 Å². The number of carbonyl (C=O) groups excluding carboxylic acids is 1. The average Bonchev–Trinajstić information content (AvgIpc) is 2.74. The maximum atomic E-state index is 12.9. The van der Waals surface area contributed by atoms with E-state index in [0.717, 1.165) is 12.8 Å². The Balaban J connectivity index is 0.00000220. The summed E-state index contributed by atoms with van der Waals surface area (Å²) in [5.41, 5.74) is 0.178. The summed E-state index contributed by atoms with van der Waals surface area (Å²) in [5, 5.41) is 0. The van der Waals surface area contributed by atoms with Crippen LogP contribution in [0.2, 0.25) is 0 Å². The SMILES string of the molecule is CC[N+](CC)(CC)CCC1C(=O)[C@]2(C)CCC1C2(C)C.[I-]. The summed E-state index contributed by atoms with van der Waals surface area (Å²) in [5.74, 6) is 1.55. The molecular weight excluding hydrogens is 373 g/mol. The van der Waals surface area contributed by atoms with E-state index in [9.17, 15) is 4.79 Å². The van der Waals surface area contributed by atoms with E-state index in [0.29, 0.717) is 17.6 Å². The fraction of sp³-hybridized carbons (Fsp3) is 0.944.